The Morgan fingerprint density at radius 2 is 2.08 bits per heavy atom. The number of carbonyl (C=O) groups is 2. The van der Waals surface area contributed by atoms with Gasteiger partial charge < -0.3 is 16.8 Å². The van der Waals surface area contributed by atoms with Crippen LogP contribution in [0.3, 0.4) is 0 Å². The zero-order chi connectivity index (χ0) is 18.3. The van der Waals surface area contributed by atoms with Gasteiger partial charge in [-0.1, -0.05) is 6.07 Å². The van der Waals surface area contributed by atoms with Crippen LogP contribution in [0.5, 0.6) is 0 Å². The minimum atomic E-state index is -0.642. The lowest BCUT2D eigenvalue weighted by atomic mass is 10.3. The van der Waals surface area contributed by atoms with Crippen LogP contribution in [0.25, 0.3) is 5.65 Å². The lowest BCUT2D eigenvalue weighted by Gasteiger charge is -2.15. The molecule has 132 valence electrons. The number of nitrogens with two attached hydrogens (primary N) is 2. The van der Waals surface area contributed by atoms with E-state index in [1.54, 1.807) is 29.2 Å². The van der Waals surface area contributed by atoms with Gasteiger partial charge in [-0.2, -0.15) is 9.61 Å². The molecule has 10 nitrogen and oxygen atoms in total. The first-order chi connectivity index (χ1) is 12.5. The number of primary amides is 1. The molecule has 1 fully saturated rings. The van der Waals surface area contributed by atoms with Gasteiger partial charge in [-0.3, -0.25) is 14.5 Å². The second kappa shape index (κ2) is 5.99. The minimum Gasteiger partial charge on any atom is -0.383 e. The van der Waals surface area contributed by atoms with E-state index in [0.29, 0.717) is 30.4 Å². The number of carbonyl (C=O) groups excluding carboxylic acids is 2. The summed E-state index contributed by atoms with van der Waals surface area (Å²) in [5, 5.41) is 7.04. The summed E-state index contributed by atoms with van der Waals surface area (Å²) in [5.74, 6) is 1.17. The molecule has 0 spiro atoms. The van der Waals surface area contributed by atoms with Gasteiger partial charge in [0.05, 0.1) is 6.20 Å². The van der Waals surface area contributed by atoms with Crippen molar-refractivity contribution in [1.82, 2.24) is 19.6 Å². The van der Waals surface area contributed by atoms with E-state index in [0.717, 1.165) is 6.42 Å². The van der Waals surface area contributed by atoms with Gasteiger partial charge in [0.25, 0.3) is 5.91 Å². The molecule has 2 amide bonds. The van der Waals surface area contributed by atoms with Crippen LogP contribution in [0.4, 0.5) is 23.3 Å². The van der Waals surface area contributed by atoms with E-state index in [9.17, 15) is 9.59 Å². The van der Waals surface area contributed by atoms with E-state index in [-0.39, 0.29) is 22.9 Å². The molecule has 0 bridgehead atoms. The van der Waals surface area contributed by atoms with Crippen LogP contribution in [0.2, 0.25) is 0 Å². The number of nitrogen functional groups attached to an aromatic ring is 1. The quantitative estimate of drug-likeness (QED) is 0.626. The highest BCUT2D eigenvalue weighted by atomic mass is 16.2. The van der Waals surface area contributed by atoms with Gasteiger partial charge in [0.15, 0.2) is 5.65 Å². The van der Waals surface area contributed by atoms with E-state index in [1.807, 2.05) is 0 Å². The van der Waals surface area contributed by atoms with Gasteiger partial charge in [-0.05, 0) is 18.6 Å². The third-order valence-electron chi connectivity index (χ3n) is 4.11. The molecule has 0 aliphatic carbocycles. The summed E-state index contributed by atoms with van der Waals surface area (Å²) < 4.78 is 1.33. The Morgan fingerprint density at radius 3 is 2.81 bits per heavy atom. The molecule has 0 saturated carbocycles. The summed E-state index contributed by atoms with van der Waals surface area (Å²) >= 11 is 0. The molecule has 3 aromatic rings. The molecule has 0 aromatic carbocycles. The van der Waals surface area contributed by atoms with Gasteiger partial charge in [0.1, 0.15) is 28.8 Å². The van der Waals surface area contributed by atoms with Crippen molar-refractivity contribution in [1.29, 1.82) is 0 Å². The number of nitrogens with one attached hydrogen (secondary N) is 1. The lowest BCUT2D eigenvalue weighted by Crippen LogP contribution is -2.24. The lowest BCUT2D eigenvalue weighted by molar-refractivity contribution is -0.117. The van der Waals surface area contributed by atoms with Crippen molar-refractivity contribution in [3.05, 3.63) is 36.0 Å². The number of aromatic nitrogens is 4. The largest absolute Gasteiger partial charge is 0.383 e. The van der Waals surface area contributed by atoms with Gasteiger partial charge in [0, 0.05) is 19.0 Å². The van der Waals surface area contributed by atoms with E-state index in [4.69, 9.17) is 11.5 Å². The van der Waals surface area contributed by atoms with Crippen molar-refractivity contribution in [3.63, 3.8) is 0 Å². The second-order valence-corrected chi connectivity index (χ2v) is 5.88. The fourth-order valence-electron chi connectivity index (χ4n) is 2.89. The molecule has 4 rings (SSSR count). The number of hydrogen-bond acceptors (Lipinski definition) is 7. The van der Waals surface area contributed by atoms with Gasteiger partial charge >= 0.3 is 0 Å². The van der Waals surface area contributed by atoms with E-state index in [2.05, 4.69) is 20.4 Å². The first-order valence-corrected chi connectivity index (χ1v) is 8.01. The third kappa shape index (κ3) is 2.66. The summed E-state index contributed by atoms with van der Waals surface area (Å²) in [5.41, 5.74) is 11.7. The average Bonchev–Trinajstić information content (AvgIpc) is 3.21. The minimum absolute atomic E-state index is 0.0591. The fourth-order valence-corrected chi connectivity index (χ4v) is 2.89. The number of amides is 2. The number of rotatable bonds is 4. The highest BCUT2D eigenvalue weighted by molar-refractivity contribution is 5.99. The van der Waals surface area contributed by atoms with Crippen LogP contribution >= 0.6 is 0 Å². The van der Waals surface area contributed by atoms with Gasteiger partial charge in [-0.25, -0.2) is 9.97 Å². The number of hydrogen-bond donors (Lipinski definition) is 3. The zero-order valence-electron chi connectivity index (χ0n) is 13.7. The summed E-state index contributed by atoms with van der Waals surface area (Å²) in [4.78, 5) is 33.8. The zero-order valence-corrected chi connectivity index (χ0v) is 13.7. The Bertz CT molecular complexity index is 1030. The molecule has 0 unspecified atom stereocenters. The van der Waals surface area contributed by atoms with E-state index < -0.39 is 5.91 Å². The van der Waals surface area contributed by atoms with Crippen molar-refractivity contribution in [2.45, 2.75) is 12.8 Å². The predicted molar refractivity (Wildman–Crippen MR) is 95.0 cm³/mol. The molecule has 1 aliphatic heterocycles. The molecular formula is C16H16N8O2. The standard InChI is InChI=1S/C16H16N8O2/c17-10-7-12(22-16-9(15(18)26)8-19-24(10)16)20-11-3-1-4-13(21-11)23-6-2-5-14(23)25/h1,3-4,7-8H,2,5-6,17H2,(H2,18,26)(H,20,21,22). The highest BCUT2D eigenvalue weighted by Crippen LogP contribution is 2.23. The van der Waals surface area contributed by atoms with Crippen LogP contribution in [0.15, 0.2) is 30.5 Å². The summed E-state index contributed by atoms with van der Waals surface area (Å²) in [6.45, 7) is 0.657. The van der Waals surface area contributed by atoms with Crippen LogP contribution in [-0.2, 0) is 4.79 Å². The Balaban J connectivity index is 1.68. The maximum absolute atomic E-state index is 11.9. The first-order valence-electron chi connectivity index (χ1n) is 8.01. The van der Waals surface area contributed by atoms with Crippen LogP contribution in [-0.4, -0.2) is 37.9 Å². The summed E-state index contributed by atoms with van der Waals surface area (Å²) in [6.07, 6.45) is 2.68. The maximum Gasteiger partial charge on any atom is 0.254 e. The fraction of sp³-hybridized carbons (Fsp3) is 0.188. The predicted octanol–water partition coefficient (Wildman–Crippen LogP) is 0.676. The average molecular weight is 352 g/mol. The Hall–Kier alpha value is -3.69. The van der Waals surface area contributed by atoms with Crippen LogP contribution < -0.4 is 21.7 Å². The topological polar surface area (TPSA) is 145 Å². The van der Waals surface area contributed by atoms with Crippen LogP contribution in [0, 0.1) is 0 Å². The van der Waals surface area contributed by atoms with Crippen molar-refractivity contribution in [2.75, 3.05) is 22.5 Å². The molecule has 1 saturated heterocycles. The highest BCUT2D eigenvalue weighted by Gasteiger charge is 2.23. The number of nitrogens with zero attached hydrogens (tertiary/aromatic N) is 5. The van der Waals surface area contributed by atoms with E-state index in [1.165, 1.54) is 10.7 Å². The smallest absolute Gasteiger partial charge is 0.254 e. The molecule has 5 N–H and O–H groups in total. The van der Waals surface area contributed by atoms with Crippen molar-refractivity contribution in [3.8, 4) is 0 Å². The van der Waals surface area contributed by atoms with E-state index >= 15 is 0 Å². The Labute approximate surface area is 147 Å². The molecule has 26 heavy (non-hydrogen) atoms. The van der Waals surface area contributed by atoms with Crippen molar-refractivity contribution < 1.29 is 9.59 Å². The van der Waals surface area contributed by atoms with Crippen LogP contribution in [0.1, 0.15) is 23.2 Å². The SMILES string of the molecule is NC(=O)c1cnn2c(N)cc(Nc3cccc(N4CCCC4=O)n3)nc12. The molecule has 0 atom stereocenters. The number of fused-ring (bicyclic) bond motifs is 1. The molecule has 1 aliphatic rings. The van der Waals surface area contributed by atoms with Gasteiger partial charge in [-0.15, -0.1) is 0 Å². The molecule has 3 aromatic heterocycles. The third-order valence-corrected chi connectivity index (χ3v) is 4.11. The summed E-state index contributed by atoms with van der Waals surface area (Å²) in [6, 6.07) is 6.89. The molecular weight excluding hydrogens is 336 g/mol. The monoisotopic (exact) mass is 352 g/mol. The maximum atomic E-state index is 11.9. The molecule has 4 heterocycles. The second-order valence-electron chi connectivity index (χ2n) is 5.88. The van der Waals surface area contributed by atoms with Crippen molar-refractivity contribution in [2.24, 2.45) is 5.73 Å². The first kappa shape index (κ1) is 15.8. The van der Waals surface area contributed by atoms with Gasteiger partial charge in [0.2, 0.25) is 5.91 Å². The number of pyridine rings is 1. The molecule has 0 radical (unpaired) electrons. The summed E-state index contributed by atoms with van der Waals surface area (Å²) in [7, 11) is 0. The number of anilines is 4. The Morgan fingerprint density at radius 1 is 1.23 bits per heavy atom. The molecule has 10 heteroatoms. The normalized spacial score (nSPS) is 14.2. The Kier molecular flexibility index (Phi) is 3.64. The van der Waals surface area contributed by atoms with Crippen molar-refractivity contribution >= 4 is 40.7 Å².